The predicted octanol–water partition coefficient (Wildman–Crippen LogP) is 2.46. The molecule has 1 aromatic carbocycles. The Kier molecular flexibility index (Phi) is 7.17. The maximum Gasteiger partial charge on any atom is 0.408 e. The van der Waals surface area contributed by atoms with Gasteiger partial charge in [-0.3, -0.25) is 0 Å². The molecule has 0 bridgehead atoms. The molecular weight excluding hydrogens is 276 g/mol. The first-order valence-corrected chi connectivity index (χ1v) is 6.34. The average molecular weight is 292 g/mol. The molecule has 0 saturated carbocycles. The minimum atomic E-state index is -1.16. The van der Waals surface area contributed by atoms with E-state index in [4.69, 9.17) is 15.4 Å². The number of carbonyl (C=O) groups is 2. The number of carbonyl (C=O) groups excluding carboxylic acids is 1. The Balaban J connectivity index is 2.37. The predicted molar refractivity (Wildman–Crippen MR) is 74.4 cm³/mol. The summed E-state index contributed by atoms with van der Waals surface area (Å²) in [4.78, 5) is 25.1. The fraction of sp³-hybridized carbons (Fsp3) is 0.385. The van der Waals surface area contributed by atoms with Gasteiger partial charge >= 0.3 is 12.1 Å². The average Bonchev–Trinajstić information content (AvgIpc) is 2.49. The number of nitrogens with zero attached hydrogens (tertiary/aromatic N) is 3. The Labute approximate surface area is 121 Å². The molecule has 8 heteroatoms. The number of azide groups is 1. The number of hydrogen-bond donors (Lipinski definition) is 2. The van der Waals surface area contributed by atoms with E-state index in [-0.39, 0.29) is 19.6 Å². The molecule has 1 unspecified atom stereocenters. The van der Waals surface area contributed by atoms with Crippen molar-refractivity contribution in [3.8, 4) is 0 Å². The Hall–Kier alpha value is -2.73. The third kappa shape index (κ3) is 6.84. The van der Waals surface area contributed by atoms with E-state index in [0.717, 1.165) is 5.56 Å². The van der Waals surface area contributed by atoms with Gasteiger partial charge in [-0.1, -0.05) is 35.4 Å². The van der Waals surface area contributed by atoms with E-state index < -0.39 is 18.1 Å². The van der Waals surface area contributed by atoms with E-state index in [2.05, 4.69) is 15.3 Å². The Morgan fingerprint density at radius 1 is 1.38 bits per heavy atom. The van der Waals surface area contributed by atoms with Crippen molar-refractivity contribution in [1.82, 2.24) is 5.32 Å². The standard InChI is InChI=1S/C13H16N4O4/c14-17-15-8-4-7-11(12(18)19)16-13(20)21-9-10-5-2-1-3-6-10/h1-3,5-6,11H,4,7-9H2,(H,16,20)(H,18,19). The first-order chi connectivity index (χ1) is 10.1. The van der Waals surface area contributed by atoms with Crippen molar-refractivity contribution in [2.24, 2.45) is 5.11 Å². The number of alkyl carbamates (subject to hydrolysis) is 1. The second-order valence-electron chi connectivity index (χ2n) is 4.19. The van der Waals surface area contributed by atoms with Crippen LogP contribution in [0, 0.1) is 0 Å². The van der Waals surface area contributed by atoms with Crippen LogP contribution >= 0.6 is 0 Å². The second-order valence-corrected chi connectivity index (χ2v) is 4.19. The van der Waals surface area contributed by atoms with Gasteiger partial charge in [0, 0.05) is 11.5 Å². The summed E-state index contributed by atoms with van der Waals surface area (Å²) >= 11 is 0. The lowest BCUT2D eigenvalue weighted by Gasteiger charge is -2.14. The van der Waals surface area contributed by atoms with Crippen molar-refractivity contribution in [3.05, 3.63) is 46.3 Å². The topological polar surface area (TPSA) is 124 Å². The van der Waals surface area contributed by atoms with Gasteiger partial charge in [0.05, 0.1) is 0 Å². The van der Waals surface area contributed by atoms with Crippen LogP contribution in [0.25, 0.3) is 10.4 Å². The van der Waals surface area contributed by atoms with Gasteiger partial charge < -0.3 is 15.2 Å². The fourth-order valence-corrected chi connectivity index (χ4v) is 1.58. The molecular formula is C13H16N4O4. The lowest BCUT2D eigenvalue weighted by molar-refractivity contribution is -0.139. The minimum Gasteiger partial charge on any atom is -0.480 e. The molecule has 0 aliphatic heterocycles. The third-order valence-corrected chi connectivity index (χ3v) is 2.62. The number of rotatable bonds is 8. The van der Waals surface area contributed by atoms with E-state index in [1.54, 1.807) is 12.1 Å². The number of ether oxygens (including phenoxy) is 1. The summed E-state index contributed by atoms with van der Waals surface area (Å²) < 4.78 is 4.94. The Morgan fingerprint density at radius 3 is 2.71 bits per heavy atom. The lowest BCUT2D eigenvalue weighted by atomic mass is 10.1. The number of aliphatic carboxylic acids is 1. The molecule has 2 N–H and O–H groups in total. The Bertz CT molecular complexity index is 514. The fourth-order valence-electron chi connectivity index (χ4n) is 1.58. The van der Waals surface area contributed by atoms with E-state index in [1.165, 1.54) is 0 Å². The summed E-state index contributed by atoms with van der Waals surface area (Å²) in [7, 11) is 0. The van der Waals surface area contributed by atoms with Crippen molar-refractivity contribution < 1.29 is 19.4 Å². The first kappa shape index (κ1) is 16.3. The smallest absolute Gasteiger partial charge is 0.408 e. The van der Waals surface area contributed by atoms with Crippen LogP contribution in [0.4, 0.5) is 4.79 Å². The molecule has 1 aromatic rings. The van der Waals surface area contributed by atoms with E-state index >= 15 is 0 Å². The van der Waals surface area contributed by atoms with E-state index in [9.17, 15) is 9.59 Å². The SMILES string of the molecule is [N-]=[N+]=NCCCC(NC(=O)OCc1ccccc1)C(=O)O. The molecule has 0 aliphatic rings. The summed E-state index contributed by atoms with van der Waals surface area (Å²) in [6.07, 6.45) is -0.274. The maximum absolute atomic E-state index is 11.5. The van der Waals surface area contributed by atoms with E-state index in [0.29, 0.717) is 6.42 Å². The molecule has 1 atom stereocenters. The number of carboxylic acid groups (broad SMARTS) is 1. The Morgan fingerprint density at radius 2 is 2.10 bits per heavy atom. The minimum absolute atomic E-state index is 0.0672. The highest BCUT2D eigenvalue weighted by molar-refractivity contribution is 5.79. The summed E-state index contributed by atoms with van der Waals surface area (Å²) in [6.45, 7) is 0.249. The van der Waals surface area contributed by atoms with Crippen LogP contribution < -0.4 is 5.32 Å². The molecule has 8 nitrogen and oxygen atoms in total. The molecule has 1 rings (SSSR count). The van der Waals surface area contributed by atoms with Crippen LogP contribution in [0.15, 0.2) is 35.4 Å². The molecule has 0 fully saturated rings. The largest absolute Gasteiger partial charge is 0.480 e. The van der Waals surface area contributed by atoms with Crippen molar-refractivity contribution >= 4 is 12.1 Å². The normalized spacial score (nSPS) is 11.0. The summed E-state index contributed by atoms with van der Waals surface area (Å²) in [6, 6.07) is 7.98. The summed E-state index contributed by atoms with van der Waals surface area (Å²) in [5.41, 5.74) is 8.92. The van der Waals surface area contributed by atoms with Crippen LogP contribution in [0.2, 0.25) is 0 Å². The van der Waals surface area contributed by atoms with Gasteiger partial charge in [-0.05, 0) is 23.9 Å². The van der Waals surface area contributed by atoms with Gasteiger partial charge in [0.2, 0.25) is 0 Å². The molecule has 0 heterocycles. The van der Waals surface area contributed by atoms with Crippen molar-refractivity contribution in [2.45, 2.75) is 25.5 Å². The van der Waals surface area contributed by atoms with Gasteiger partial charge in [0.1, 0.15) is 12.6 Å². The molecule has 0 saturated heterocycles. The zero-order valence-electron chi connectivity index (χ0n) is 11.3. The van der Waals surface area contributed by atoms with Crippen molar-refractivity contribution in [2.75, 3.05) is 6.54 Å². The second kappa shape index (κ2) is 9.22. The highest BCUT2D eigenvalue weighted by atomic mass is 16.5. The van der Waals surface area contributed by atoms with Crippen LogP contribution in [-0.2, 0) is 16.1 Å². The highest BCUT2D eigenvalue weighted by Crippen LogP contribution is 2.03. The van der Waals surface area contributed by atoms with Gasteiger partial charge in [0.15, 0.2) is 0 Å². The van der Waals surface area contributed by atoms with Gasteiger partial charge in [-0.15, -0.1) is 0 Å². The number of amides is 1. The summed E-state index contributed by atoms with van der Waals surface area (Å²) in [5, 5.41) is 14.6. The number of nitrogens with one attached hydrogen (secondary N) is 1. The van der Waals surface area contributed by atoms with Crippen LogP contribution in [0.3, 0.4) is 0 Å². The first-order valence-electron chi connectivity index (χ1n) is 6.34. The van der Waals surface area contributed by atoms with Crippen molar-refractivity contribution in [1.29, 1.82) is 0 Å². The number of hydrogen-bond acceptors (Lipinski definition) is 4. The molecule has 0 aromatic heterocycles. The van der Waals surface area contributed by atoms with Crippen LogP contribution in [0.5, 0.6) is 0 Å². The monoisotopic (exact) mass is 292 g/mol. The van der Waals surface area contributed by atoms with Crippen LogP contribution in [-0.4, -0.2) is 29.8 Å². The zero-order chi connectivity index (χ0) is 15.5. The third-order valence-electron chi connectivity index (χ3n) is 2.62. The molecule has 21 heavy (non-hydrogen) atoms. The highest BCUT2D eigenvalue weighted by Gasteiger charge is 2.19. The van der Waals surface area contributed by atoms with Gasteiger partial charge in [-0.25, -0.2) is 9.59 Å². The zero-order valence-corrected chi connectivity index (χ0v) is 11.3. The molecule has 0 aliphatic carbocycles. The lowest BCUT2D eigenvalue weighted by Crippen LogP contribution is -2.41. The van der Waals surface area contributed by atoms with Crippen LogP contribution in [0.1, 0.15) is 18.4 Å². The van der Waals surface area contributed by atoms with Crippen molar-refractivity contribution in [3.63, 3.8) is 0 Å². The molecule has 0 spiro atoms. The maximum atomic E-state index is 11.5. The van der Waals surface area contributed by atoms with Gasteiger partial charge in [-0.2, -0.15) is 0 Å². The molecule has 0 radical (unpaired) electrons. The number of benzene rings is 1. The van der Waals surface area contributed by atoms with E-state index in [1.807, 2.05) is 18.2 Å². The number of carboxylic acids is 1. The summed E-state index contributed by atoms with van der Waals surface area (Å²) in [5.74, 6) is -1.16. The molecule has 112 valence electrons. The van der Waals surface area contributed by atoms with Gasteiger partial charge in [0.25, 0.3) is 0 Å². The molecule has 1 amide bonds. The quantitative estimate of drug-likeness (QED) is 0.330.